The van der Waals surface area contributed by atoms with Gasteiger partial charge in [-0.2, -0.15) is 0 Å². The second-order valence-corrected chi connectivity index (χ2v) is 7.07. The van der Waals surface area contributed by atoms with E-state index in [1.807, 2.05) is 0 Å². The normalized spacial score (nSPS) is 17.9. The number of halogens is 2. The van der Waals surface area contributed by atoms with Crippen molar-refractivity contribution in [3.63, 3.8) is 0 Å². The number of benzene rings is 1. The van der Waals surface area contributed by atoms with Crippen LogP contribution in [0.2, 0.25) is 5.02 Å². The molecule has 140 valence electrons. The number of hydrogen-bond donors (Lipinski definition) is 1. The molecule has 4 rings (SSSR count). The fourth-order valence-electron chi connectivity index (χ4n) is 3.35. The lowest BCUT2D eigenvalue weighted by molar-refractivity contribution is -0.0125. The van der Waals surface area contributed by atoms with E-state index in [4.69, 9.17) is 16.3 Å². The van der Waals surface area contributed by atoms with Crippen molar-refractivity contribution in [1.82, 2.24) is 14.9 Å². The van der Waals surface area contributed by atoms with Gasteiger partial charge in [0, 0.05) is 31.1 Å². The molecule has 1 amide bonds. The molecule has 2 aliphatic rings. The highest BCUT2D eigenvalue weighted by Crippen LogP contribution is 2.32. The van der Waals surface area contributed by atoms with Crippen LogP contribution in [0.4, 0.5) is 4.39 Å². The molecule has 1 fully saturated rings. The van der Waals surface area contributed by atoms with Gasteiger partial charge in [-0.15, -0.1) is 0 Å². The van der Waals surface area contributed by atoms with Crippen molar-refractivity contribution < 1.29 is 13.9 Å². The van der Waals surface area contributed by atoms with E-state index in [1.165, 1.54) is 12.1 Å². The van der Waals surface area contributed by atoms with Crippen molar-refractivity contribution in [3.8, 4) is 0 Å². The zero-order valence-corrected chi connectivity index (χ0v) is 15.4. The zero-order valence-electron chi connectivity index (χ0n) is 14.6. The molecule has 0 spiro atoms. The third-order valence-electron chi connectivity index (χ3n) is 5.06. The first-order valence-corrected chi connectivity index (χ1v) is 8.96. The topological polar surface area (TPSA) is 70.6 Å². The van der Waals surface area contributed by atoms with Crippen LogP contribution in [0.15, 0.2) is 40.5 Å². The quantitative estimate of drug-likeness (QED) is 0.816. The Morgan fingerprint density at radius 3 is 2.85 bits per heavy atom. The lowest BCUT2D eigenvalue weighted by Gasteiger charge is -2.34. The van der Waals surface area contributed by atoms with Crippen LogP contribution in [-0.4, -0.2) is 53.8 Å². The standard InChI is InChI=1S/C19H18ClFN4O2/c1-10(11-8-27-9-11)12-7-25(6-5-15(12)22-2)19(26)18-23-16-13(20)3-4-14(21)17(16)24-18/h3-4,11H,1-2,5-9H2,(H,23,24). The molecule has 0 aliphatic carbocycles. The largest absolute Gasteiger partial charge is 0.380 e. The van der Waals surface area contributed by atoms with E-state index < -0.39 is 5.82 Å². The van der Waals surface area contributed by atoms with Crippen LogP contribution < -0.4 is 0 Å². The van der Waals surface area contributed by atoms with Crippen molar-refractivity contribution in [2.24, 2.45) is 10.9 Å². The Bertz CT molecular complexity index is 954. The highest BCUT2D eigenvalue weighted by molar-refractivity contribution is 6.35. The first-order chi connectivity index (χ1) is 13.0. The maximum atomic E-state index is 14.0. The summed E-state index contributed by atoms with van der Waals surface area (Å²) in [6.07, 6.45) is 0.576. The second kappa shape index (κ2) is 6.90. The van der Waals surface area contributed by atoms with E-state index in [9.17, 15) is 9.18 Å². The number of aliphatic imine (C=N–C) groups is 1. The summed E-state index contributed by atoms with van der Waals surface area (Å²) >= 11 is 6.08. The molecule has 1 aromatic heterocycles. The number of carbonyl (C=O) groups is 1. The summed E-state index contributed by atoms with van der Waals surface area (Å²) in [5.41, 5.74) is 3.08. The van der Waals surface area contributed by atoms with Crippen LogP contribution in [0.3, 0.4) is 0 Å². The van der Waals surface area contributed by atoms with Crippen molar-refractivity contribution in [3.05, 3.63) is 52.2 Å². The van der Waals surface area contributed by atoms with Crippen LogP contribution in [0.25, 0.3) is 11.0 Å². The Morgan fingerprint density at radius 1 is 1.44 bits per heavy atom. The van der Waals surface area contributed by atoms with Crippen LogP contribution >= 0.6 is 11.6 Å². The van der Waals surface area contributed by atoms with Crippen LogP contribution in [0.5, 0.6) is 0 Å². The Hall–Kier alpha value is -2.51. The van der Waals surface area contributed by atoms with Gasteiger partial charge in [-0.05, 0) is 30.0 Å². The Labute approximate surface area is 160 Å². The van der Waals surface area contributed by atoms with Crippen LogP contribution in [-0.2, 0) is 4.74 Å². The molecular formula is C19H18ClFN4O2. The number of aromatic nitrogens is 2. The van der Waals surface area contributed by atoms with E-state index in [1.54, 1.807) is 4.90 Å². The average Bonchev–Trinajstić information content (AvgIpc) is 3.09. The molecule has 0 unspecified atom stereocenters. The molecule has 0 saturated carbocycles. The number of nitrogens with one attached hydrogen (secondary N) is 1. The predicted octanol–water partition coefficient (Wildman–Crippen LogP) is 3.36. The van der Waals surface area contributed by atoms with Gasteiger partial charge in [0.2, 0.25) is 0 Å². The lowest BCUT2D eigenvalue weighted by atomic mass is 9.88. The number of H-pyrrole nitrogens is 1. The molecule has 2 aromatic rings. The molecular weight excluding hydrogens is 371 g/mol. The molecule has 1 N–H and O–H groups in total. The fourth-order valence-corrected chi connectivity index (χ4v) is 3.55. The van der Waals surface area contributed by atoms with Gasteiger partial charge in [0.15, 0.2) is 11.6 Å². The van der Waals surface area contributed by atoms with Gasteiger partial charge in [0.25, 0.3) is 5.91 Å². The molecule has 27 heavy (non-hydrogen) atoms. The minimum Gasteiger partial charge on any atom is -0.380 e. The Morgan fingerprint density at radius 2 is 2.22 bits per heavy atom. The predicted molar refractivity (Wildman–Crippen MR) is 102 cm³/mol. The molecule has 8 heteroatoms. The number of rotatable bonds is 4. The Kier molecular flexibility index (Phi) is 4.57. The number of fused-ring (bicyclic) bond motifs is 1. The van der Waals surface area contributed by atoms with Gasteiger partial charge in [-0.1, -0.05) is 18.2 Å². The van der Waals surface area contributed by atoms with Gasteiger partial charge in [0.05, 0.1) is 23.8 Å². The monoisotopic (exact) mass is 388 g/mol. The third kappa shape index (κ3) is 3.07. The van der Waals surface area contributed by atoms with E-state index in [2.05, 4.69) is 28.3 Å². The first-order valence-electron chi connectivity index (χ1n) is 8.58. The van der Waals surface area contributed by atoms with Gasteiger partial charge < -0.3 is 14.6 Å². The van der Waals surface area contributed by atoms with Gasteiger partial charge in [0.1, 0.15) is 5.52 Å². The fraction of sp³-hybridized carbons (Fsp3) is 0.316. The minimum atomic E-state index is -0.527. The van der Waals surface area contributed by atoms with E-state index in [0.29, 0.717) is 43.3 Å². The number of amides is 1. The summed E-state index contributed by atoms with van der Waals surface area (Å²) in [6.45, 7) is 9.89. The number of hydrogen-bond acceptors (Lipinski definition) is 4. The maximum absolute atomic E-state index is 14.0. The third-order valence-corrected chi connectivity index (χ3v) is 5.37. The highest BCUT2D eigenvalue weighted by Gasteiger charge is 2.31. The summed E-state index contributed by atoms with van der Waals surface area (Å²) in [5.74, 6) is -0.546. The van der Waals surface area contributed by atoms with Crippen molar-refractivity contribution >= 4 is 35.3 Å². The number of ether oxygens (including phenoxy) is 1. The molecule has 3 heterocycles. The van der Waals surface area contributed by atoms with Crippen molar-refractivity contribution in [2.45, 2.75) is 6.42 Å². The number of carbonyl (C=O) groups excluding carboxylic acids is 1. The summed E-state index contributed by atoms with van der Waals surface area (Å²) in [7, 11) is 0. The molecule has 0 bridgehead atoms. The molecule has 0 radical (unpaired) electrons. The van der Waals surface area contributed by atoms with Crippen molar-refractivity contribution in [1.29, 1.82) is 0 Å². The summed E-state index contributed by atoms with van der Waals surface area (Å²) < 4.78 is 19.2. The van der Waals surface area contributed by atoms with E-state index in [0.717, 1.165) is 16.8 Å². The van der Waals surface area contributed by atoms with Gasteiger partial charge >= 0.3 is 0 Å². The Balaban J connectivity index is 1.62. The number of imidazole rings is 1. The molecule has 6 nitrogen and oxygen atoms in total. The summed E-state index contributed by atoms with van der Waals surface area (Å²) in [4.78, 5) is 25.7. The zero-order chi connectivity index (χ0) is 19.1. The van der Waals surface area contributed by atoms with Gasteiger partial charge in [-0.3, -0.25) is 9.79 Å². The number of aromatic amines is 1. The first kappa shape index (κ1) is 17.9. The molecule has 1 saturated heterocycles. The molecule has 0 atom stereocenters. The van der Waals surface area contributed by atoms with Crippen LogP contribution in [0.1, 0.15) is 17.0 Å². The maximum Gasteiger partial charge on any atom is 0.289 e. The SMILES string of the molecule is C=NC1=C(C(=C)C2COC2)CN(C(=O)c2nc3c(F)ccc(Cl)c3[nH]2)CC1. The molecule has 2 aliphatic heterocycles. The number of nitrogens with zero attached hydrogens (tertiary/aromatic N) is 3. The minimum absolute atomic E-state index is 0.0584. The van der Waals surface area contributed by atoms with E-state index in [-0.39, 0.29) is 23.2 Å². The van der Waals surface area contributed by atoms with Gasteiger partial charge in [-0.25, -0.2) is 9.37 Å². The average molecular weight is 389 g/mol. The second-order valence-electron chi connectivity index (χ2n) is 6.66. The smallest absolute Gasteiger partial charge is 0.289 e. The van der Waals surface area contributed by atoms with Crippen molar-refractivity contribution in [2.75, 3.05) is 26.3 Å². The summed E-state index contributed by atoms with van der Waals surface area (Å²) in [5, 5.41) is 0.314. The summed E-state index contributed by atoms with van der Waals surface area (Å²) in [6, 6.07) is 2.66. The molecule has 1 aromatic carbocycles. The van der Waals surface area contributed by atoms with Crippen LogP contribution in [0, 0.1) is 11.7 Å². The van der Waals surface area contributed by atoms with E-state index >= 15 is 0 Å². The lowest BCUT2D eigenvalue weighted by Crippen LogP contribution is -2.40. The highest BCUT2D eigenvalue weighted by atomic mass is 35.5.